The third-order valence-corrected chi connectivity index (χ3v) is 6.27. The summed E-state index contributed by atoms with van der Waals surface area (Å²) in [5, 5.41) is 5.09. The summed E-state index contributed by atoms with van der Waals surface area (Å²) in [4.78, 5) is 17.4. The van der Waals surface area contributed by atoms with Crippen molar-refractivity contribution in [3.63, 3.8) is 0 Å². The lowest BCUT2D eigenvalue weighted by Crippen LogP contribution is -2.09. The molecule has 0 unspecified atom stereocenters. The van der Waals surface area contributed by atoms with Crippen molar-refractivity contribution in [2.45, 2.75) is 12.6 Å². The Morgan fingerprint density at radius 3 is 2.73 bits per heavy atom. The molecule has 0 aliphatic carbocycles. The molecule has 0 atom stereocenters. The van der Waals surface area contributed by atoms with Gasteiger partial charge in [-0.05, 0) is 45.8 Å². The summed E-state index contributed by atoms with van der Waals surface area (Å²) in [6, 6.07) is 4.90. The molecule has 0 saturated heterocycles. The lowest BCUT2D eigenvalue weighted by atomic mass is 10.1. The highest BCUT2D eigenvalue weighted by Gasteiger charge is 2.30. The van der Waals surface area contributed by atoms with Crippen LogP contribution in [0.15, 0.2) is 40.3 Å². The predicted molar refractivity (Wildman–Crippen MR) is 101 cm³/mol. The molecule has 0 fully saturated rings. The maximum Gasteiger partial charge on any atom is 0.416 e. The minimum Gasteiger partial charge on any atom is -0.297 e. The van der Waals surface area contributed by atoms with E-state index in [1.165, 1.54) is 34.9 Å². The molecule has 0 radical (unpaired) electrons. The largest absolute Gasteiger partial charge is 0.416 e. The quantitative estimate of drug-likeness (QED) is 0.463. The molecule has 3 nitrogen and oxygen atoms in total. The molecule has 0 saturated carbocycles. The Labute approximate surface area is 168 Å². The molecule has 3 aromatic rings. The van der Waals surface area contributed by atoms with Gasteiger partial charge in [-0.15, -0.1) is 22.7 Å². The summed E-state index contributed by atoms with van der Waals surface area (Å²) in [5.41, 5.74) is -0.400. The van der Waals surface area contributed by atoms with E-state index in [2.05, 4.69) is 26.2 Å². The first-order valence-corrected chi connectivity index (χ1v) is 9.95. The Morgan fingerprint density at radius 1 is 1.31 bits per heavy atom. The number of aromatic nitrogens is 1. The third kappa shape index (κ3) is 4.64. The van der Waals surface area contributed by atoms with Crippen molar-refractivity contribution in [2.24, 2.45) is 0 Å². The van der Waals surface area contributed by atoms with Crippen LogP contribution in [0.25, 0.3) is 0 Å². The first-order chi connectivity index (χ1) is 12.2. The normalized spacial score (nSPS) is 11.6. The zero-order chi connectivity index (χ0) is 18.9. The van der Waals surface area contributed by atoms with E-state index in [1.807, 2.05) is 0 Å². The van der Waals surface area contributed by atoms with Crippen LogP contribution in [0.2, 0.25) is 5.02 Å². The summed E-state index contributed by atoms with van der Waals surface area (Å²) in [6.45, 7) is 0. The van der Waals surface area contributed by atoms with Crippen molar-refractivity contribution < 1.29 is 18.0 Å². The molecule has 1 aromatic carbocycles. The van der Waals surface area contributed by atoms with E-state index < -0.39 is 11.7 Å². The fourth-order valence-corrected chi connectivity index (χ4v) is 4.45. The maximum atomic E-state index is 12.8. The van der Waals surface area contributed by atoms with Gasteiger partial charge in [-0.25, -0.2) is 4.98 Å². The van der Waals surface area contributed by atoms with Gasteiger partial charge in [0.15, 0.2) is 5.13 Å². The average molecular weight is 482 g/mol. The molecule has 0 bridgehead atoms. The number of halogens is 5. The summed E-state index contributed by atoms with van der Waals surface area (Å²) < 4.78 is 39.4. The van der Waals surface area contributed by atoms with Crippen LogP contribution in [0.5, 0.6) is 0 Å². The van der Waals surface area contributed by atoms with E-state index >= 15 is 0 Å². The third-order valence-electron chi connectivity index (χ3n) is 3.30. The Kier molecular flexibility index (Phi) is 5.71. The highest BCUT2D eigenvalue weighted by Crippen LogP contribution is 2.33. The van der Waals surface area contributed by atoms with Gasteiger partial charge in [0.2, 0.25) is 0 Å². The smallest absolute Gasteiger partial charge is 0.297 e. The van der Waals surface area contributed by atoms with Gasteiger partial charge in [-0.2, -0.15) is 13.2 Å². The maximum absolute atomic E-state index is 12.8. The van der Waals surface area contributed by atoms with Crippen LogP contribution in [-0.4, -0.2) is 10.9 Å². The number of nitrogens with zero attached hydrogens (tertiary/aromatic N) is 1. The molecule has 0 aliphatic rings. The number of amides is 1. The number of nitrogens with one attached hydrogen (secondary N) is 1. The van der Waals surface area contributed by atoms with Crippen LogP contribution in [0, 0.1) is 0 Å². The lowest BCUT2D eigenvalue weighted by Gasteiger charge is -2.09. The number of benzene rings is 1. The standard InChI is InChI=1S/C16H9BrClF3N2OS2/c17-10-5-13(25-7-10)14(24)23-15-22-6-11(26-15)4-8-3-9(16(19,20)21)1-2-12(8)18/h1-3,5-7H,4H2,(H,22,23,24). The fourth-order valence-electron chi connectivity index (χ4n) is 2.11. The average Bonchev–Trinajstić information content (AvgIpc) is 3.17. The van der Waals surface area contributed by atoms with Gasteiger partial charge < -0.3 is 0 Å². The molecule has 0 spiro atoms. The van der Waals surface area contributed by atoms with Crippen molar-refractivity contribution in [2.75, 3.05) is 5.32 Å². The minimum absolute atomic E-state index is 0.195. The SMILES string of the molecule is O=C(Nc1ncc(Cc2cc(C(F)(F)F)ccc2Cl)s1)c1cc(Br)cs1. The fraction of sp³-hybridized carbons (Fsp3) is 0.125. The summed E-state index contributed by atoms with van der Waals surface area (Å²) in [5.74, 6) is -0.293. The molecule has 0 aliphatic heterocycles. The van der Waals surface area contributed by atoms with E-state index in [9.17, 15) is 18.0 Å². The predicted octanol–water partition coefficient (Wildman–Crippen LogP) is 6.48. The Hall–Kier alpha value is -1.42. The number of hydrogen-bond donors (Lipinski definition) is 1. The van der Waals surface area contributed by atoms with E-state index in [1.54, 1.807) is 11.4 Å². The molecule has 2 aromatic heterocycles. The Balaban J connectivity index is 1.73. The molecular weight excluding hydrogens is 473 g/mol. The number of carbonyl (C=O) groups excluding carboxylic acids is 1. The first kappa shape index (κ1) is 19.3. The summed E-state index contributed by atoms with van der Waals surface area (Å²) in [6.07, 6.45) is -2.72. The van der Waals surface area contributed by atoms with Crippen LogP contribution in [0.1, 0.15) is 25.7 Å². The highest BCUT2D eigenvalue weighted by atomic mass is 79.9. The second-order valence-electron chi connectivity index (χ2n) is 5.20. The number of hydrogen-bond acceptors (Lipinski definition) is 4. The van der Waals surface area contributed by atoms with Crippen molar-refractivity contribution in [1.82, 2.24) is 4.98 Å². The lowest BCUT2D eigenvalue weighted by molar-refractivity contribution is -0.137. The van der Waals surface area contributed by atoms with E-state index in [0.29, 0.717) is 20.4 Å². The zero-order valence-electron chi connectivity index (χ0n) is 12.7. The second-order valence-corrected chi connectivity index (χ2v) is 8.55. The van der Waals surface area contributed by atoms with Gasteiger partial charge >= 0.3 is 6.18 Å². The number of carbonyl (C=O) groups is 1. The van der Waals surface area contributed by atoms with Crippen molar-refractivity contribution in [3.8, 4) is 0 Å². The molecule has 26 heavy (non-hydrogen) atoms. The van der Waals surface area contributed by atoms with Crippen molar-refractivity contribution in [1.29, 1.82) is 0 Å². The van der Waals surface area contributed by atoms with Crippen molar-refractivity contribution >= 4 is 61.2 Å². The number of alkyl halides is 3. The van der Waals surface area contributed by atoms with E-state index in [0.717, 1.165) is 16.6 Å². The second kappa shape index (κ2) is 7.67. The molecule has 1 N–H and O–H groups in total. The molecule has 10 heteroatoms. The van der Waals surface area contributed by atoms with Crippen LogP contribution >= 0.6 is 50.2 Å². The van der Waals surface area contributed by atoms with Gasteiger partial charge in [0.25, 0.3) is 5.91 Å². The Morgan fingerprint density at radius 2 is 2.08 bits per heavy atom. The van der Waals surface area contributed by atoms with Crippen molar-refractivity contribution in [3.05, 3.63) is 66.2 Å². The summed E-state index contributed by atoms with van der Waals surface area (Å²) in [7, 11) is 0. The van der Waals surface area contributed by atoms with Gasteiger partial charge in [0.05, 0.1) is 10.4 Å². The van der Waals surface area contributed by atoms with E-state index in [-0.39, 0.29) is 17.4 Å². The molecule has 1 amide bonds. The van der Waals surface area contributed by atoms with Gasteiger partial charge in [-0.1, -0.05) is 11.6 Å². The van der Waals surface area contributed by atoms with Crippen LogP contribution in [0.3, 0.4) is 0 Å². The van der Waals surface area contributed by atoms with Crippen LogP contribution in [0.4, 0.5) is 18.3 Å². The van der Waals surface area contributed by atoms with Gasteiger partial charge in [0, 0.05) is 32.4 Å². The van der Waals surface area contributed by atoms with Crippen LogP contribution in [-0.2, 0) is 12.6 Å². The summed E-state index contributed by atoms with van der Waals surface area (Å²) >= 11 is 11.8. The monoisotopic (exact) mass is 480 g/mol. The van der Waals surface area contributed by atoms with Crippen LogP contribution < -0.4 is 5.32 Å². The molecule has 136 valence electrons. The molecular formula is C16H9BrClF3N2OS2. The Bertz CT molecular complexity index is 955. The molecule has 3 rings (SSSR count). The molecule has 2 heterocycles. The topological polar surface area (TPSA) is 42.0 Å². The number of rotatable bonds is 4. The van der Waals surface area contributed by atoms with Gasteiger partial charge in [-0.3, -0.25) is 10.1 Å². The minimum atomic E-state index is -4.43. The first-order valence-electron chi connectivity index (χ1n) is 7.08. The van der Waals surface area contributed by atoms with Gasteiger partial charge in [0.1, 0.15) is 0 Å². The number of thiophene rings is 1. The van der Waals surface area contributed by atoms with E-state index in [4.69, 9.17) is 11.6 Å². The highest BCUT2D eigenvalue weighted by molar-refractivity contribution is 9.10. The number of anilines is 1. The zero-order valence-corrected chi connectivity index (χ0v) is 16.7. The number of thiazole rings is 1.